The summed E-state index contributed by atoms with van der Waals surface area (Å²) in [7, 11) is 0. The van der Waals surface area contributed by atoms with E-state index in [1.54, 1.807) is 25.1 Å². The summed E-state index contributed by atoms with van der Waals surface area (Å²) in [4.78, 5) is 28.9. The third kappa shape index (κ3) is 3.58. The van der Waals surface area contributed by atoms with Gasteiger partial charge in [0.05, 0.1) is 17.6 Å². The van der Waals surface area contributed by atoms with Crippen molar-refractivity contribution in [2.45, 2.75) is 25.7 Å². The average molecular weight is 383 g/mol. The first-order valence-corrected chi connectivity index (χ1v) is 9.07. The van der Waals surface area contributed by atoms with Gasteiger partial charge in [-0.1, -0.05) is 5.16 Å². The van der Waals surface area contributed by atoms with Gasteiger partial charge in [-0.25, -0.2) is 9.37 Å². The molecule has 1 N–H and O–H groups in total. The summed E-state index contributed by atoms with van der Waals surface area (Å²) in [6, 6.07) is 7.44. The quantitative estimate of drug-likeness (QED) is 0.657. The van der Waals surface area contributed by atoms with Crippen molar-refractivity contribution in [2.24, 2.45) is 0 Å². The van der Waals surface area contributed by atoms with Gasteiger partial charge in [-0.2, -0.15) is 0 Å². The number of hydrogen-bond acceptors (Lipinski definition) is 6. The maximum absolute atomic E-state index is 13.3. The molecule has 3 aromatic rings. The molecular formula is C20H18FN3O4. The van der Waals surface area contributed by atoms with Crippen molar-refractivity contribution in [3.8, 4) is 11.3 Å². The zero-order valence-corrected chi connectivity index (χ0v) is 15.2. The second-order valence-electron chi connectivity index (χ2n) is 6.57. The van der Waals surface area contributed by atoms with Crippen molar-refractivity contribution in [3.63, 3.8) is 0 Å². The SMILES string of the molecule is CCOC(=O)CNC(=O)c1cc(C2CC2)nc2onc(-c3ccc(F)cc3)c12. The summed E-state index contributed by atoms with van der Waals surface area (Å²) >= 11 is 0. The van der Waals surface area contributed by atoms with E-state index in [4.69, 9.17) is 9.26 Å². The van der Waals surface area contributed by atoms with E-state index in [2.05, 4.69) is 15.5 Å². The topological polar surface area (TPSA) is 94.3 Å². The number of esters is 1. The van der Waals surface area contributed by atoms with Gasteiger partial charge in [0.1, 0.15) is 18.1 Å². The molecule has 1 amide bonds. The molecule has 0 radical (unpaired) electrons. The molecular weight excluding hydrogens is 365 g/mol. The van der Waals surface area contributed by atoms with E-state index in [1.807, 2.05) is 0 Å². The normalized spacial score (nSPS) is 13.5. The van der Waals surface area contributed by atoms with Crippen LogP contribution in [0.3, 0.4) is 0 Å². The minimum Gasteiger partial charge on any atom is -0.465 e. The Kier molecular flexibility index (Phi) is 4.77. The van der Waals surface area contributed by atoms with Gasteiger partial charge in [-0.15, -0.1) is 0 Å². The standard InChI is InChI=1S/C20H18FN3O4/c1-2-27-16(25)10-22-19(26)14-9-15(11-3-4-11)23-20-17(14)18(24-28-20)12-5-7-13(21)8-6-12/h5-9,11H,2-4,10H2,1H3,(H,22,26). The van der Waals surface area contributed by atoms with Crippen LogP contribution in [0.15, 0.2) is 34.9 Å². The van der Waals surface area contributed by atoms with Crippen LogP contribution in [0.2, 0.25) is 0 Å². The highest BCUT2D eigenvalue weighted by Crippen LogP contribution is 2.41. The zero-order chi connectivity index (χ0) is 19.7. The van der Waals surface area contributed by atoms with Crippen LogP contribution in [-0.2, 0) is 9.53 Å². The second-order valence-corrected chi connectivity index (χ2v) is 6.57. The van der Waals surface area contributed by atoms with Crippen LogP contribution in [0.25, 0.3) is 22.4 Å². The molecule has 2 heterocycles. The van der Waals surface area contributed by atoms with E-state index in [1.165, 1.54) is 12.1 Å². The van der Waals surface area contributed by atoms with Crippen molar-refractivity contribution in [3.05, 3.63) is 47.4 Å². The molecule has 1 aliphatic rings. The molecule has 0 bridgehead atoms. The number of halogens is 1. The molecule has 7 nitrogen and oxygen atoms in total. The Morgan fingerprint density at radius 3 is 2.71 bits per heavy atom. The number of aromatic nitrogens is 2. The van der Waals surface area contributed by atoms with Crippen molar-refractivity contribution in [1.82, 2.24) is 15.5 Å². The number of benzene rings is 1. The number of pyridine rings is 1. The molecule has 1 saturated carbocycles. The van der Waals surface area contributed by atoms with Crippen LogP contribution in [0.5, 0.6) is 0 Å². The lowest BCUT2D eigenvalue weighted by Gasteiger charge is -2.08. The smallest absolute Gasteiger partial charge is 0.325 e. The molecule has 8 heteroatoms. The third-order valence-corrected chi connectivity index (χ3v) is 4.52. The lowest BCUT2D eigenvalue weighted by atomic mass is 10.0. The van der Waals surface area contributed by atoms with E-state index >= 15 is 0 Å². The Balaban J connectivity index is 1.75. The van der Waals surface area contributed by atoms with E-state index in [0.29, 0.717) is 28.1 Å². The van der Waals surface area contributed by atoms with Crippen molar-refractivity contribution in [2.75, 3.05) is 13.2 Å². The molecule has 1 aromatic carbocycles. The molecule has 0 saturated heterocycles. The lowest BCUT2D eigenvalue weighted by Crippen LogP contribution is -2.30. The molecule has 0 aliphatic heterocycles. The number of carbonyl (C=O) groups is 2. The first-order chi connectivity index (χ1) is 13.6. The van der Waals surface area contributed by atoms with Crippen LogP contribution < -0.4 is 5.32 Å². The number of fused-ring (bicyclic) bond motifs is 1. The summed E-state index contributed by atoms with van der Waals surface area (Å²) < 4.78 is 23.5. The molecule has 4 rings (SSSR count). The van der Waals surface area contributed by atoms with Crippen molar-refractivity contribution >= 4 is 23.0 Å². The van der Waals surface area contributed by atoms with Gasteiger partial charge >= 0.3 is 5.97 Å². The highest BCUT2D eigenvalue weighted by molar-refractivity contribution is 6.10. The average Bonchev–Trinajstić information content (AvgIpc) is 3.46. The number of rotatable bonds is 6. The maximum atomic E-state index is 13.3. The molecule has 1 fully saturated rings. The third-order valence-electron chi connectivity index (χ3n) is 4.52. The number of amides is 1. The fourth-order valence-corrected chi connectivity index (χ4v) is 3.00. The van der Waals surface area contributed by atoms with Gasteiger partial charge in [0.25, 0.3) is 11.6 Å². The summed E-state index contributed by atoms with van der Waals surface area (Å²) in [6.07, 6.45) is 2.00. The minimum atomic E-state index is -0.521. The molecule has 144 valence electrons. The fraction of sp³-hybridized carbons (Fsp3) is 0.300. The van der Waals surface area contributed by atoms with Gasteiger partial charge in [-0.05, 0) is 50.1 Å². The first-order valence-electron chi connectivity index (χ1n) is 9.07. The zero-order valence-electron chi connectivity index (χ0n) is 15.2. The molecule has 1 aliphatic carbocycles. The van der Waals surface area contributed by atoms with E-state index < -0.39 is 11.9 Å². The molecule has 0 spiro atoms. The van der Waals surface area contributed by atoms with Crippen LogP contribution in [-0.4, -0.2) is 35.2 Å². The molecule has 28 heavy (non-hydrogen) atoms. The Morgan fingerprint density at radius 2 is 2.04 bits per heavy atom. The van der Waals surface area contributed by atoms with Gasteiger partial charge in [0, 0.05) is 17.2 Å². The first kappa shape index (κ1) is 18.1. The van der Waals surface area contributed by atoms with E-state index in [-0.39, 0.29) is 24.7 Å². The van der Waals surface area contributed by atoms with Crippen LogP contribution >= 0.6 is 0 Å². The number of nitrogens with zero attached hydrogens (tertiary/aromatic N) is 2. The van der Waals surface area contributed by atoms with Crippen LogP contribution in [0, 0.1) is 5.82 Å². The highest BCUT2D eigenvalue weighted by atomic mass is 19.1. The summed E-state index contributed by atoms with van der Waals surface area (Å²) in [5.74, 6) is -1.06. The summed E-state index contributed by atoms with van der Waals surface area (Å²) in [5.41, 5.74) is 2.31. The largest absolute Gasteiger partial charge is 0.465 e. The Labute approximate surface area is 159 Å². The molecule has 0 atom stereocenters. The van der Waals surface area contributed by atoms with Gasteiger partial charge in [0.2, 0.25) is 0 Å². The van der Waals surface area contributed by atoms with E-state index in [0.717, 1.165) is 18.5 Å². The summed E-state index contributed by atoms with van der Waals surface area (Å²) in [6.45, 7) is 1.69. The number of ether oxygens (including phenoxy) is 1. The fourth-order valence-electron chi connectivity index (χ4n) is 3.00. The number of hydrogen-bond donors (Lipinski definition) is 1. The predicted octanol–water partition coefficient (Wildman–Crippen LogP) is 3.20. The highest BCUT2D eigenvalue weighted by Gasteiger charge is 2.29. The Bertz CT molecular complexity index is 1040. The van der Waals surface area contributed by atoms with Crippen molar-refractivity contribution in [1.29, 1.82) is 0 Å². The molecule has 2 aromatic heterocycles. The number of carbonyl (C=O) groups excluding carboxylic acids is 2. The Hall–Kier alpha value is -3.29. The monoisotopic (exact) mass is 383 g/mol. The number of nitrogens with one attached hydrogen (secondary N) is 1. The van der Waals surface area contributed by atoms with Crippen LogP contribution in [0.4, 0.5) is 4.39 Å². The molecule has 0 unspecified atom stereocenters. The van der Waals surface area contributed by atoms with Crippen LogP contribution in [0.1, 0.15) is 41.7 Å². The minimum absolute atomic E-state index is 0.237. The second kappa shape index (κ2) is 7.38. The van der Waals surface area contributed by atoms with Gasteiger partial charge < -0.3 is 14.6 Å². The Morgan fingerprint density at radius 1 is 1.29 bits per heavy atom. The van der Waals surface area contributed by atoms with Crippen molar-refractivity contribution < 1.29 is 23.2 Å². The summed E-state index contributed by atoms with van der Waals surface area (Å²) in [5, 5.41) is 7.05. The predicted molar refractivity (Wildman–Crippen MR) is 98.1 cm³/mol. The lowest BCUT2D eigenvalue weighted by molar-refractivity contribution is -0.141. The van der Waals surface area contributed by atoms with E-state index in [9.17, 15) is 14.0 Å². The maximum Gasteiger partial charge on any atom is 0.325 e. The van der Waals surface area contributed by atoms with Gasteiger partial charge in [-0.3, -0.25) is 9.59 Å². The van der Waals surface area contributed by atoms with Gasteiger partial charge in [0.15, 0.2) is 0 Å².